The number of hydrogen-bond donors (Lipinski definition) is 1. The second-order valence-corrected chi connectivity index (χ2v) is 5.40. The summed E-state index contributed by atoms with van der Waals surface area (Å²) in [6, 6.07) is 10.1. The Labute approximate surface area is 111 Å². The standard InChI is InChI=1S/C16H25NO/c1-5-16(3,4)15(18)14(17-6-2)12-13-10-8-7-9-11-13/h7-11,14,17H,5-6,12H2,1-4H3. The number of carbonyl (C=O) groups is 1. The first kappa shape index (κ1) is 14.9. The van der Waals surface area contributed by atoms with E-state index in [1.807, 2.05) is 39.0 Å². The number of carbonyl (C=O) groups excluding carboxylic acids is 1. The molecule has 1 rings (SSSR count). The van der Waals surface area contributed by atoms with Crippen LogP contribution in [0, 0.1) is 5.41 Å². The van der Waals surface area contributed by atoms with E-state index in [4.69, 9.17) is 0 Å². The zero-order chi connectivity index (χ0) is 13.6. The summed E-state index contributed by atoms with van der Waals surface area (Å²) in [5.41, 5.74) is 0.963. The molecule has 1 atom stereocenters. The molecular formula is C16H25NO. The zero-order valence-electron chi connectivity index (χ0n) is 12.0. The van der Waals surface area contributed by atoms with Crippen molar-refractivity contribution in [3.63, 3.8) is 0 Å². The maximum Gasteiger partial charge on any atom is 0.155 e. The van der Waals surface area contributed by atoms with E-state index in [-0.39, 0.29) is 11.5 Å². The molecule has 1 aromatic carbocycles. The van der Waals surface area contributed by atoms with Crippen LogP contribution < -0.4 is 5.32 Å². The highest BCUT2D eigenvalue weighted by molar-refractivity contribution is 5.89. The molecule has 18 heavy (non-hydrogen) atoms. The Bertz CT molecular complexity index is 370. The molecule has 0 saturated heterocycles. The van der Waals surface area contributed by atoms with Gasteiger partial charge in [-0.1, -0.05) is 58.0 Å². The van der Waals surface area contributed by atoms with Gasteiger partial charge >= 0.3 is 0 Å². The van der Waals surface area contributed by atoms with Gasteiger partial charge in [-0.15, -0.1) is 0 Å². The fourth-order valence-corrected chi connectivity index (χ4v) is 2.00. The maximum absolute atomic E-state index is 12.5. The predicted octanol–water partition coefficient (Wildman–Crippen LogP) is 3.21. The van der Waals surface area contributed by atoms with Gasteiger partial charge in [0.25, 0.3) is 0 Å². The van der Waals surface area contributed by atoms with E-state index in [1.54, 1.807) is 0 Å². The molecule has 1 aromatic rings. The van der Waals surface area contributed by atoms with E-state index in [2.05, 4.69) is 24.4 Å². The van der Waals surface area contributed by atoms with Crippen LogP contribution in [0.4, 0.5) is 0 Å². The second kappa shape index (κ2) is 6.69. The first-order chi connectivity index (χ1) is 8.51. The number of benzene rings is 1. The van der Waals surface area contributed by atoms with Gasteiger partial charge in [0.15, 0.2) is 5.78 Å². The number of Topliss-reactive ketones (excluding diaryl/α,β-unsaturated/α-hetero) is 1. The molecule has 1 N–H and O–H groups in total. The molecule has 0 aliphatic heterocycles. The third kappa shape index (κ3) is 3.95. The van der Waals surface area contributed by atoms with Crippen LogP contribution >= 0.6 is 0 Å². The first-order valence-electron chi connectivity index (χ1n) is 6.83. The van der Waals surface area contributed by atoms with Crippen molar-refractivity contribution in [2.45, 2.75) is 46.6 Å². The molecule has 0 aromatic heterocycles. The van der Waals surface area contributed by atoms with Crippen LogP contribution in [-0.2, 0) is 11.2 Å². The lowest BCUT2D eigenvalue weighted by atomic mass is 9.80. The first-order valence-corrected chi connectivity index (χ1v) is 6.83. The molecule has 0 fully saturated rings. The van der Waals surface area contributed by atoms with Gasteiger partial charge in [0.05, 0.1) is 6.04 Å². The topological polar surface area (TPSA) is 29.1 Å². The SMILES string of the molecule is CCNC(Cc1ccccc1)C(=O)C(C)(C)CC. The Morgan fingerprint density at radius 2 is 1.83 bits per heavy atom. The highest BCUT2D eigenvalue weighted by Crippen LogP contribution is 2.24. The van der Waals surface area contributed by atoms with E-state index in [0.717, 1.165) is 19.4 Å². The lowest BCUT2D eigenvalue weighted by Gasteiger charge is -2.27. The maximum atomic E-state index is 12.5. The number of rotatable bonds is 7. The van der Waals surface area contributed by atoms with Crippen LogP contribution in [0.15, 0.2) is 30.3 Å². The summed E-state index contributed by atoms with van der Waals surface area (Å²) in [7, 11) is 0. The Kier molecular flexibility index (Phi) is 5.54. The third-order valence-electron chi connectivity index (χ3n) is 3.60. The molecule has 0 aliphatic carbocycles. The summed E-state index contributed by atoms with van der Waals surface area (Å²) >= 11 is 0. The second-order valence-electron chi connectivity index (χ2n) is 5.40. The van der Waals surface area contributed by atoms with Crippen LogP contribution in [0.2, 0.25) is 0 Å². The molecule has 0 spiro atoms. The van der Waals surface area contributed by atoms with Crippen molar-refractivity contribution in [3.05, 3.63) is 35.9 Å². The van der Waals surface area contributed by atoms with Crippen molar-refractivity contribution < 1.29 is 4.79 Å². The van der Waals surface area contributed by atoms with Gasteiger partial charge < -0.3 is 5.32 Å². The summed E-state index contributed by atoms with van der Waals surface area (Å²) in [6.45, 7) is 9.01. The average Bonchev–Trinajstić information content (AvgIpc) is 2.38. The zero-order valence-corrected chi connectivity index (χ0v) is 12.0. The number of nitrogens with one attached hydrogen (secondary N) is 1. The van der Waals surface area contributed by atoms with Gasteiger partial charge in [0, 0.05) is 5.41 Å². The summed E-state index contributed by atoms with van der Waals surface area (Å²) in [5, 5.41) is 3.32. The summed E-state index contributed by atoms with van der Waals surface area (Å²) in [5.74, 6) is 0.315. The molecular weight excluding hydrogens is 222 g/mol. The lowest BCUT2D eigenvalue weighted by molar-refractivity contribution is -0.129. The molecule has 0 amide bonds. The molecule has 0 bridgehead atoms. The molecule has 0 aliphatic rings. The summed E-state index contributed by atoms with van der Waals surface area (Å²) in [4.78, 5) is 12.5. The van der Waals surface area contributed by atoms with Crippen molar-refractivity contribution in [2.75, 3.05) is 6.54 Å². The Balaban J connectivity index is 2.80. The van der Waals surface area contributed by atoms with Crippen molar-refractivity contribution in [2.24, 2.45) is 5.41 Å². The highest BCUT2D eigenvalue weighted by Gasteiger charge is 2.31. The van der Waals surface area contributed by atoms with E-state index in [0.29, 0.717) is 5.78 Å². The number of likely N-dealkylation sites (N-methyl/N-ethyl adjacent to an activating group) is 1. The van der Waals surface area contributed by atoms with Crippen molar-refractivity contribution in [3.8, 4) is 0 Å². The minimum absolute atomic E-state index is 0.0765. The van der Waals surface area contributed by atoms with Gasteiger partial charge in [-0.2, -0.15) is 0 Å². The van der Waals surface area contributed by atoms with E-state index in [1.165, 1.54) is 5.56 Å². The fraction of sp³-hybridized carbons (Fsp3) is 0.562. The quantitative estimate of drug-likeness (QED) is 0.801. The minimum Gasteiger partial charge on any atom is -0.307 e. The van der Waals surface area contributed by atoms with Gasteiger partial charge in [0.2, 0.25) is 0 Å². The van der Waals surface area contributed by atoms with Crippen LogP contribution in [0.1, 0.15) is 39.7 Å². The number of hydrogen-bond acceptors (Lipinski definition) is 2. The fourth-order valence-electron chi connectivity index (χ4n) is 2.00. The van der Waals surface area contributed by atoms with E-state index >= 15 is 0 Å². The van der Waals surface area contributed by atoms with Crippen LogP contribution in [0.25, 0.3) is 0 Å². The summed E-state index contributed by atoms with van der Waals surface area (Å²) in [6.07, 6.45) is 1.65. The minimum atomic E-state index is -0.248. The van der Waals surface area contributed by atoms with Crippen LogP contribution in [0.3, 0.4) is 0 Å². The van der Waals surface area contributed by atoms with Gasteiger partial charge in [-0.05, 0) is 24.9 Å². The Hall–Kier alpha value is -1.15. The molecule has 2 nitrogen and oxygen atoms in total. The van der Waals surface area contributed by atoms with E-state index in [9.17, 15) is 4.79 Å². The Morgan fingerprint density at radius 3 is 2.33 bits per heavy atom. The molecule has 2 heteroatoms. The van der Waals surface area contributed by atoms with E-state index < -0.39 is 0 Å². The average molecular weight is 247 g/mol. The Morgan fingerprint density at radius 1 is 1.22 bits per heavy atom. The normalized spacial score (nSPS) is 13.3. The van der Waals surface area contributed by atoms with Gasteiger partial charge in [-0.3, -0.25) is 4.79 Å². The van der Waals surface area contributed by atoms with Crippen LogP contribution in [-0.4, -0.2) is 18.4 Å². The van der Waals surface area contributed by atoms with Crippen molar-refractivity contribution in [1.29, 1.82) is 0 Å². The third-order valence-corrected chi connectivity index (χ3v) is 3.60. The lowest BCUT2D eigenvalue weighted by Crippen LogP contribution is -2.45. The monoisotopic (exact) mass is 247 g/mol. The molecule has 0 heterocycles. The molecule has 0 saturated carbocycles. The smallest absolute Gasteiger partial charge is 0.155 e. The van der Waals surface area contributed by atoms with Crippen molar-refractivity contribution >= 4 is 5.78 Å². The summed E-state index contributed by atoms with van der Waals surface area (Å²) < 4.78 is 0. The van der Waals surface area contributed by atoms with Crippen LogP contribution in [0.5, 0.6) is 0 Å². The molecule has 0 radical (unpaired) electrons. The highest BCUT2D eigenvalue weighted by atomic mass is 16.1. The van der Waals surface area contributed by atoms with Gasteiger partial charge in [0.1, 0.15) is 0 Å². The van der Waals surface area contributed by atoms with Gasteiger partial charge in [-0.25, -0.2) is 0 Å². The largest absolute Gasteiger partial charge is 0.307 e. The predicted molar refractivity (Wildman–Crippen MR) is 76.7 cm³/mol. The van der Waals surface area contributed by atoms with Crippen molar-refractivity contribution in [1.82, 2.24) is 5.32 Å². The number of ketones is 1. The molecule has 1 unspecified atom stereocenters. The molecule has 100 valence electrons.